The normalized spacial score (nSPS) is 30.9. The van der Waals surface area contributed by atoms with E-state index in [2.05, 4.69) is 13.8 Å². The Bertz CT molecular complexity index is 431. The summed E-state index contributed by atoms with van der Waals surface area (Å²) in [7, 11) is 1.65. The molecule has 1 aliphatic rings. The van der Waals surface area contributed by atoms with Crippen molar-refractivity contribution in [1.82, 2.24) is 0 Å². The lowest BCUT2D eigenvalue weighted by molar-refractivity contribution is -0.282. The van der Waals surface area contributed by atoms with Crippen LogP contribution in [0, 0.1) is 11.8 Å². The maximum absolute atomic E-state index is 9.45. The van der Waals surface area contributed by atoms with Crippen LogP contribution in [0.1, 0.15) is 39.0 Å². The SMILES string of the molecule is CC[C@@H]1O[C@H](c2ccc(OC)cc2)O[C@@H]([C@@H](C)CO)[C@@H]1C. The highest BCUT2D eigenvalue weighted by atomic mass is 16.7. The third-order valence-electron chi connectivity index (χ3n) is 4.32. The van der Waals surface area contributed by atoms with E-state index in [9.17, 15) is 5.11 Å². The van der Waals surface area contributed by atoms with Crippen molar-refractivity contribution in [3.05, 3.63) is 29.8 Å². The monoisotopic (exact) mass is 294 g/mol. The second-order valence-electron chi connectivity index (χ2n) is 5.81. The van der Waals surface area contributed by atoms with Crippen molar-refractivity contribution < 1.29 is 19.3 Å². The van der Waals surface area contributed by atoms with Crippen molar-refractivity contribution in [1.29, 1.82) is 0 Å². The van der Waals surface area contributed by atoms with Crippen molar-refractivity contribution in [2.75, 3.05) is 13.7 Å². The van der Waals surface area contributed by atoms with E-state index in [0.717, 1.165) is 17.7 Å². The Morgan fingerprint density at radius 3 is 2.43 bits per heavy atom. The summed E-state index contributed by atoms with van der Waals surface area (Å²) in [4.78, 5) is 0. The average Bonchev–Trinajstić information content (AvgIpc) is 2.54. The van der Waals surface area contributed by atoms with Gasteiger partial charge in [0.05, 0.1) is 19.3 Å². The first-order valence-electron chi connectivity index (χ1n) is 7.66. The molecule has 21 heavy (non-hydrogen) atoms. The first kappa shape index (κ1) is 16.3. The summed E-state index contributed by atoms with van der Waals surface area (Å²) >= 11 is 0. The Labute approximate surface area is 127 Å². The molecule has 0 radical (unpaired) electrons. The Hall–Kier alpha value is -1.10. The molecule has 0 unspecified atom stereocenters. The van der Waals surface area contributed by atoms with Gasteiger partial charge in [-0.15, -0.1) is 0 Å². The summed E-state index contributed by atoms with van der Waals surface area (Å²) in [6.45, 7) is 6.40. The summed E-state index contributed by atoms with van der Waals surface area (Å²) in [5.74, 6) is 1.18. The van der Waals surface area contributed by atoms with Crippen LogP contribution in [0.5, 0.6) is 5.75 Å². The summed E-state index contributed by atoms with van der Waals surface area (Å²) < 4.78 is 17.4. The molecule has 1 aliphatic heterocycles. The molecule has 1 fully saturated rings. The molecule has 1 heterocycles. The number of rotatable bonds is 5. The van der Waals surface area contributed by atoms with Crippen LogP contribution < -0.4 is 4.74 Å². The van der Waals surface area contributed by atoms with Gasteiger partial charge >= 0.3 is 0 Å². The number of hydrogen-bond acceptors (Lipinski definition) is 4. The van der Waals surface area contributed by atoms with E-state index in [1.54, 1.807) is 7.11 Å². The highest BCUT2D eigenvalue weighted by Gasteiger charge is 2.38. The number of methoxy groups -OCH3 is 1. The van der Waals surface area contributed by atoms with Crippen LogP contribution >= 0.6 is 0 Å². The van der Waals surface area contributed by atoms with Gasteiger partial charge in [-0.2, -0.15) is 0 Å². The zero-order chi connectivity index (χ0) is 15.4. The third kappa shape index (κ3) is 3.57. The first-order valence-corrected chi connectivity index (χ1v) is 7.66. The molecule has 1 N–H and O–H groups in total. The maximum Gasteiger partial charge on any atom is 0.184 e. The van der Waals surface area contributed by atoms with Crippen LogP contribution in [0.25, 0.3) is 0 Å². The molecular formula is C17H26O4. The molecule has 5 atom stereocenters. The van der Waals surface area contributed by atoms with Crippen LogP contribution in [-0.4, -0.2) is 31.0 Å². The van der Waals surface area contributed by atoms with Gasteiger partial charge in [0.25, 0.3) is 0 Å². The van der Waals surface area contributed by atoms with Gasteiger partial charge in [-0.1, -0.05) is 32.9 Å². The number of hydrogen-bond donors (Lipinski definition) is 1. The highest BCUT2D eigenvalue weighted by Crippen LogP contribution is 2.37. The molecule has 0 bridgehead atoms. The lowest BCUT2D eigenvalue weighted by Gasteiger charge is -2.42. The molecule has 0 aromatic heterocycles. The molecule has 1 saturated heterocycles. The number of aliphatic hydroxyl groups excluding tert-OH is 1. The molecule has 4 heteroatoms. The van der Waals surface area contributed by atoms with Gasteiger partial charge in [-0.05, 0) is 18.6 Å². The average molecular weight is 294 g/mol. The second-order valence-corrected chi connectivity index (χ2v) is 5.81. The minimum atomic E-state index is -0.379. The van der Waals surface area contributed by atoms with Gasteiger partial charge in [-0.3, -0.25) is 0 Å². The van der Waals surface area contributed by atoms with Crippen LogP contribution in [0.3, 0.4) is 0 Å². The summed E-state index contributed by atoms with van der Waals surface area (Å²) in [6.07, 6.45) is 0.702. The van der Waals surface area contributed by atoms with Crippen molar-refractivity contribution >= 4 is 0 Å². The van der Waals surface area contributed by atoms with E-state index >= 15 is 0 Å². The van der Waals surface area contributed by atoms with Crippen molar-refractivity contribution in [2.45, 2.75) is 45.7 Å². The van der Waals surface area contributed by atoms with Crippen LogP contribution in [0.2, 0.25) is 0 Å². The van der Waals surface area contributed by atoms with Crippen molar-refractivity contribution in [3.8, 4) is 5.75 Å². The largest absolute Gasteiger partial charge is 0.497 e. The molecule has 1 aromatic carbocycles. The standard InChI is InChI=1S/C17H26O4/c1-5-15-12(3)16(11(2)10-18)21-17(20-15)13-6-8-14(19-4)9-7-13/h6-9,11-12,15-18H,5,10H2,1-4H3/t11-,12+,15-,16-,17-/m0/s1. The zero-order valence-electron chi connectivity index (χ0n) is 13.3. The molecule has 0 saturated carbocycles. The van der Waals surface area contributed by atoms with Crippen LogP contribution in [0.15, 0.2) is 24.3 Å². The maximum atomic E-state index is 9.45. The smallest absolute Gasteiger partial charge is 0.184 e. The number of aliphatic hydroxyl groups is 1. The first-order chi connectivity index (χ1) is 10.1. The Balaban J connectivity index is 2.18. The Kier molecular flexibility index (Phi) is 5.62. The Morgan fingerprint density at radius 2 is 1.90 bits per heavy atom. The lowest BCUT2D eigenvalue weighted by Crippen LogP contribution is -2.45. The van der Waals surface area contributed by atoms with Crippen LogP contribution in [0.4, 0.5) is 0 Å². The van der Waals surface area contributed by atoms with E-state index in [0.29, 0.717) is 0 Å². The minimum Gasteiger partial charge on any atom is -0.497 e. The van der Waals surface area contributed by atoms with Crippen LogP contribution in [-0.2, 0) is 9.47 Å². The van der Waals surface area contributed by atoms with Gasteiger partial charge in [0.2, 0.25) is 0 Å². The molecular weight excluding hydrogens is 268 g/mol. The number of benzene rings is 1. The summed E-state index contributed by atoms with van der Waals surface area (Å²) in [6, 6.07) is 7.75. The zero-order valence-corrected chi connectivity index (χ0v) is 13.3. The highest BCUT2D eigenvalue weighted by molar-refractivity contribution is 5.28. The molecule has 0 amide bonds. The van der Waals surface area contributed by atoms with Crippen molar-refractivity contribution in [2.24, 2.45) is 11.8 Å². The third-order valence-corrected chi connectivity index (χ3v) is 4.32. The Morgan fingerprint density at radius 1 is 1.24 bits per heavy atom. The molecule has 0 aliphatic carbocycles. The molecule has 4 nitrogen and oxygen atoms in total. The quantitative estimate of drug-likeness (QED) is 0.906. The van der Waals surface area contributed by atoms with E-state index in [1.165, 1.54) is 0 Å². The summed E-state index contributed by atoms with van der Waals surface area (Å²) in [5.41, 5.74) is 0.983. The topological polar surface area (TPSA) is 47.9 Å². The molecule has 2 rings (SSSR count). The predicted molar refractivity (Wildman–Crippen MR) is 81.2 cm³/mol. The molecule has 118 valence electrons. The van der Waals surface area contributed by atoms with E-state index in [4.69, 9.17) is 14.2 Å². The lowest BCUT2D eigenvalue weighted by atomic mass is 9.87. The van der Waals surface area contributed by atoms with Gasteiger partial charge in [0, 0.05) is 24.0 Å². The fourth-order valence-corrected chi connectivity index (χ4v) is 2.94. The molecule has 0 spiro atoms. The predicted octanol–water partition coefficient (Wildman–Crippen LogP) is 3.15. The summed E-state index contributed by atoms with van der Waals surface area (Å²) in [5, 5.41) is 9.45. The van der Waals surface area contributed by atoms with Gasteiger partial charge < -0.3 is 19.3 Å². The number of ether oxygens (including phenoxy) is 3. The van der Waals surface area contributed by atoms with E-state index in [-0.39, 0.29) is 36.9 Å². The minimum absolute atomic E-state index is 0.000742. The van der Waals surface area contributed by atoms with Gasteiger partial charge in [0.15, 0.2) is 6.29 Å². The van der Waals surface area contributed by atoms with E-state index in [1.807, 2.05) is 31.2 Å². The van der Waals surface area contributed by atoms with E-state index < -0.39 is 0 Å². The second kappa shape index (κ2) is 7.25. The fraction of sp³-hybridized carbons (Fsp3) is 0.647. The van der Waals surface area contributed by atoms with Gasteiger partial charge in [0.1, 0.15) is 5.75 Å². The molecule has 1 aromatic rings. The van der Waals surface area contributed by atoms with Crippen molar-refractivity contribution in [3.63, 3.8) is 0 Å². The fourth-order valence-electron chi connectivity index (χ4n) is 2.94. The van der Waals surface area contributed by atoms with Gasteiger partial charge in [-0.25, -0.2) is 0 Å².